The molecule has 5 nitrogen and oxygen atoms in total. The molecule has 0 aliphatic heterocycles. The quantitative estimate of drug-likeness (QED) is 0.775. The Kier molecular flexibility index (Phi) is 5.42. The number of anilines is 1. The molecule has 140 valence electrons. The lowest BCUT2D eigenvalue weighted by atomic mass is 10.1. The molecule has 1 fully saturated rings. The van der Waals surface area contributed by atoms with Gasteiger partial charge in [-0.15, -0.1) is 11.3 Å². The number of hydrogen-bond acceptors (Lipinski definition) is 5. The molecule has 0 spiro atoms. The molecule has 3 rings (SSSR count). The number of rotatable bonds is 5. The highest BCUT2D eigenvalue weighted by atomic mass is 35.5. The van der Waals surface area contributed by atoms with E-state index in [1.807, 2.05) is 19.2 Å². The summed E-state index contributed by atoms with van der Waals surface area (Å²) in [6.07, 6.45) is 2.03. The minimum absolute atomic E-state index is 0.126. The van der Waals surface area contributed by atoms with Crippen molar-refractivity contribution in [3.8, 4) is 0 Å². The van der Waals surface area contributed by atoms with Crippen LogP contribution in [0.25, 0.3) is 0 Å². The van der Waals surface area contributed by atoms with Crippen LogP contribution in [0.2, 0.25) is 5.02 Å². The molecular formula is C18H21ClN2O3S2. The molecule has 0 radical (unpaired) electrons. The first-order chi connectivity index (χ1) is 12.3. The number of nitrogens with one attached hydrogen (secondary N) is 1. The van der Waals surface area contributed by atoms with E-state index in [9.17, 15) is 13.2 Å². The molecule has 0 saturated heterocycles. The van der Waals surface area contributed by atoms with Gasteiger partial charge in [0, 0.05) is 10.4 Å². The van der Waals surface area contributed by atoms with Crippen LogP contribution < -0.4 is 5.32 Å². The van der Waals surface area contributed by atoms with Crippen LogP contribution in [-0.2, 0) is 14.6 Å². The smallest absolute Gasteiger partial charge is 0.248 e. The summed E-state index contributed by atoms with van der Waals surface area (Å²) in [5.41, 5.74) is 0.881. The number of nitrogens with zero attached hydrogens (tertiary/aromatic N) is 1. The van der Waals surface area contributed by atoms with Crippen LogP contribution in [0.1, 0.15) is 51.1 Å². The van der Waals surface area contributed by atoms with Crippen LogP contribution in [-0.4, -0.2) is 24.1 Å². The van der Waals surface area contributed by atoms with Crippen molar-refractivity contribution in [2.45, 2.75) is 55.1 Å². The van der Waals surface area contributed by atoms with Crippen molar-refractivity contribution in [2.24, 2.45) is 0 Å². The Hall–Kier alpha value is -1.44. The highest BCUT2D eigenvalue weighted by Crippen LogP contribution is 2.41. The van der Waals surface area contributed by atoms with E-state index < -0.39 is 20.5 Å². The van der Waals surface area contributed by atoms with Crippen LogP contribution in [0, 0.1) is 0 Å². The summed E-state index contributed by atoms with van der Waals surface area (Å²) in [5, 5.41) is 5.53. The molecule has 0 atom stereocenters. The lowest BCUT2D eigenvalue weighted by molar-refractivity contribution is -0.118. The molecule has 26 heavy (non-hydrogen) atoms. The maximum absolute atomic E-state index is 13.3. The van der Waals surface area contributed by atoms with E-state index in [1.54, 1.807) is 0 Å². The van der Waals surface area contributed by atoms with E-state index in [0.29, 0.717) is 35.8 Å². The van der Waals surface area contributed by atoms with Crippen molar-refractivity contribution in [2.75, 3.05) is 5.32 Å². The normalized spacial score (nSPS) is 16.8. The first kappa shape index (κ1) is 19.3. The summed E-state index contributed by atoms with van der Waals surface area (Å²) in [4.78, 5) is 17.6. The van der Waals surface area contributed by atoms with E-state index >= 15 is 0 Å². The number of sulfone groups is 1. The number of thiazole rings is 1. The van der Waals surface area contributed by atoms with Gasteiger partial charge in [0.15, 0.2) is 19.7 Å². The number of hydrogen-bond donors (Lipinski definition) is 1. The maximum Gasteiger partial charge on any atom is 0.248 e. The molecular weight excluding hydrogens is 392 g/mol. The zero-order valence-electron chi connectivity index (χ0n) is 14.7. The summed E-state index contributed by atoms with van der Waals surface area (Å²) in [5.74, 6) is -0.246. The summed E-state index contributed by atoms with van der Waals surface area (Å²) in [6.45, 7) is 4.04. The number of carbonyl (C=O) groups is 1. The average Bonchev–Trinajstić information content (AvgIpc) is 3.25. The van der Waals surface area contributed by atoms with Gasteiger partial charge in [0.05, 0.1) is 10.6 Å². The number of benzene rings is 1. The van der Waals surface area contributed by atoms with Crippen molar-refractivity contribution >= 4 is 43.8 Å². The summed E-state index contributed by atoms with van der Waals surface area (Å²) in [7, 11) is -3.84. The first-order valence-electron chi connectivity index (χ1n) is 8.53. The topological polar surface area (TPSA) is 76.1 Å². The van der Waals surface area contributed by atoms with E-state index in [-0.39, 0.29) is 10.8 Å². The number of amides is 1. The Morgan fingerprint density at radius 2 is 1.85 bits per heavy atom. The third-order valence-corrected chi connectivity index (χ3v) is 8.34. The SMILES string of the molecule is CC(C)c1csc(NC(=O)C2(S(=O)(=O)c3ccc(Cl)cc3)CCCC2)n1. The molecule has 0 bridgehead atoms. The Morgan fingerprint density at radius 1 is 1.23 bits per heavy atom. The summed E-state index contributed by atoms with van der Waals surface area (Å²) >= 11 is 7.19. The first-order valence-corrected chi connectivity index (χ1v) is 11.3. The average molecular weight is 413 g/mol. The number of aromatic nitrogens is 1. The standard InChI is InChI=1S/C18H21ClN2O3S2/c1-12(2)15-11-25-17(20-15)21-16(22)18(9-3-4-10-18)26(23,24)14-7-5-13(19)6-8-14/h5-8,11-12H,3-4,9-10H2,1-2H3,(H,20,21,22). The predicted molar refractivity (Wildman–Crippen MR) is 105 cm³/mol. The van der Waals surface area contributed by atoms with Crippen LogP contribution in [0.5, 0.6) is 0 Å². The molecule has 1 amide bonds. The van der Waals surface area contributed by atoms with Crippen LogP contribution in [0.3, 0.4) is 0 Å². The fourth-order valence-electron chi connectivity index (χ4n) is 3.22. The van der Waals surface area contributed by atoms with Gasteiger partial charge in [-0.3, -0.25) is 4.79 Å². The molecule has 1 aliphatic carbocycles. The maximum atomic E-state index is 13.3. The Balaban J connectivity index is 1.93. The second kappa shape index (κ2) is 7.29. The molecule has 1 aromatic carbocycles. The van der Waals surface area contributed by atoms with E-state index in [4.69, 9.17) is 11.6 Å². The van der Waals surface area contributed by atoms with Crippen LogP contribution in [0.15, 0.2) is 34.5 Å². The molecule has 1 aromatic heterocycles. The van der Waals surface area contributed by atoms with E-state index in [2.05, 4.69) is 10.3 Å². The minimum atomic E-state index is -3.84. The van der Waals surface area contributed by atoms with Gasteiger partial charge in [-0.25, -0.2) is 13.4 Å². The van der Waals surface area contributed by atoms with Crippen molar-refractivity contribution in [1.82, 2.24) is 4.98 Å². The van der Waals surface area contributed by atoms with E-state index in [1.165, 1.54) is 35.6 Å². The van der Waals surface area contributed by atoms with Crippen LogP contribution >= 0.6 is 22.9 Å². The number of halogens is 1. The molecule has 0 unspecified atom stereocenters. The van der Waals surface area contributed by atoms with Crippen molar-refractivity contribution in [1.29, 1.82) is 0 Å². The van der Waals surface area contributed by atoms with Gasteiger partial charge in [-0.1, -0.05) is 38.3 Å². The fourth-order valence-corrected chi connectivity index (χ4v) is 6.28. The Labute approximate surface area is 162 Å². The molecule has 8 heteroatoms. The highest BCUT2D eigenvalue weighted by molar-refractivity contribution is 7.93. The minimum Gasteiger partial charge on any atom is -0.301 e. The van der Waals surface area contributed by atoms with Gasteiger partial charge in [-0.2, -0.15) is 0 Å². The second-order valence-electron chi connectivity index (χ2n) is 6.85. The van der Waals surface area contributed by atoms with Gasteiger partial charge in [0.1, 0.15) is 0 Å². The Bertz CT molecular complexity index is 899. The highest BCUT2D eigenvalue weighted by Gasteiger charge is 2.53. The van der Waals surface area contributed by atoms with Gasteiger partial charge in [0.2, 0.25) is 5.91 Å². The molecule has 1 heterocycles. The predicted octanol–water partition coefficient (Wildman–Crippen LogP) is 4.65. The lowest BCUT2D eigenvalue weighted by Gasteiger charge is -2.27. The molecule has 1 aliphatic rings. The zero-order chi connectivity index (χ0) is 18.9. The summed E-state index contributed by atoms with van der Waals surface area (Å²) in [6, 6.07) is 5.99. The van der Waals surface area contributed by atoms with Gasteiger partial charge < -0.3 is 5.32 Å². The lowest BCUT2D eigenvalue weighted by Crippen LogP contribution is -2.47. The fraction of sp³-hybridized carbons (Fsp3) is 0.444. The van der Waals surface area contributed by atoms with Crippen molar-refractivity contribution in [3.05, 3.63) is 40.4 Å². The third kappa shape index (κ3) is 3.40. The summed E-state index contributed by atoms with van der Waals surface area (Å²) < 4.78 is 25.1. The number of carbonyl (C=O) groups excluding carboxylic acids is 1. The molecule has 2 aromatic rings. The van der Waals surface area contributed by atoms with Gasteiger partial charge in [0.25, 0.3) is 0 Å². The largest absolute Gasteiger partial charge is 0.301 e. The third-order valence-electron chi connectivity index (χ3n) is 4.80. The van der Waals surface area contributed by atoms with Gasteiger partial charge >= 0.3 is 0 Å². The van der Waals surface area contributed by atoms with E-state index in [0.717, 1.165) is 5.69 Å². The molecule has 1 saturated carbocycles. The van der Waals surface area contributed by atoms with Gasteiger partial charge in [-0.05, 0) is 43.0 Å². The zero-order valence-corrected chi connectivity index (χ0v) is 17.0. The Morgan fingerprint density at radius 3 is 2.38 bits per heavy atom. The van der Waals surface area contributed by atoms with Crippen molar-refractivity contribution in [3.63, 3.8) is 0 Å². The van der Waals surface area contributed by atoms with Crippen molar-refractivity contribution < 1.29 is 13.2 Å². The molecule has 1 N–H and O–H groups in total. The second-order valence-corrected chi connectivity index (χ2v) is 10.4. The van der Waals surface area contributed by atoms with Crippen LogP contribution in [0.4, 0.5) is 5.13 Å². The monoisotopic (exact) mass is 412 g/mol.